The molecule has 3 rings (SSSR count). The molecular formula is C17H16ClN5O2. The maximum absolute atomic E-state index is 12.2. The number of H-pyrrole nitrogens is 1. The van der Waals surface area contributed by atoms with Crippen molar-refractivity contribution in [3.8, 4) is 0 Å². The van der Waals surface area contributed by atoms with Gasteiger partial charge in [0.15, 0.2) is 5.69 Å². The minimum Gasteiger partial charge on any atom is -0.349 e. The highest BCUT2D eigenvalue weighted by Crippen LogP contribution is 2.20. The fourth-order valence-electron chi connectivity index (χ4n) is 2.30. The predicted octanol–water partition coefficient (Wildman–Crippen LogP) is 2.77. The van der Waals surface area contributed by atoms with Crippen molar-refractivity contribution < 1.29 is 9.59 Å². The molecule has 2 aromatic carbocycles. The number of nitrogens with zero attached hydrogens (tertiary/aromatic N) is 1. The van der Waals surface area contributed by atoms with Gasteiger partial charge in [-0.25, -0.2) is 4.79 Å². The number of amides is 3. The summed E-state index contributed by atoms with van der Waals surface area (Å²) in [4.78, 5) is 24.0. The Morgan fingerprint density at radius 3 is 2.56 bits per heavy atom. The predicted molar refractivity (Wildman–Crippen MR) is 96.9 cm³/mol. The molecule has 4 N–H and O–H groups in total. The van der Waals surface area contributed by atoms with Gasteiger partial charge in [-0.1, -0.05) is 41.9 Å². The second-order valence-corrected chi connectivity index (χ2v) is 5.64. The number of nitrogens with one attached hydrogen (secondary N) is 4. The molecule has 0 spiro atoms. The van der Waals surface area contributed by atoms with Gasteiger partial charge in [-0.15, -0.1) is 0 Å². The Labute approximate surface area is 148 Å². The molecule has 1 aromatic heterocycles. The van der Waals surface area contributed by atoms with E-state index >= 15 is 0 Å². The first kappa shape index (κ1) is 16.8. The Morgan fingerprint density at radius 2 is 1.72 bits per heavy atom. The Morgan fingerprint density at radius 1 is 1.00 bits per heavy atom. The average molecular weight is 358 g/mol. The van der Waals surface area contributed by atoms with Crippen LogP contribution in [0.1, 0.15) is 10.5 Å². The van der Waals surface area contributed by atoms with Gasteiger partial charge in [0.25, 0.3) is 5.91 Å². The molecule has 0 aliphatic rings. The van der Waals surface area contributed by atoms with Gasteiger partial charge in [0, 0.05) is 18.5 Å². The van der Waals surface area contributed by atoms with Crippen molar-refractivity contribution in [2.75, 3.05) is 18.4 Å². The largest absolute Gasteiger partial charge is 0.349 e. The van der Waals surface area contributed by atoms with Crippen molar-refractivity contribution in [1.82, 2.24) is 20.8 Å². The maximum atomic E-state index is 12.2. The fraction of sp³-hybridized carbons (Fsp3) is 0.118. The van der Waals surface area contributed by atoms with E-state index in [1.165, 1.54) is 0 Å². The summed E-state index contributed by atoms with van der Waals surface area (Å²) in [5, 5.41) is 16.0. The van der Waals surface area contributed by atoms with E-state index in [4.69, 9.17) is 11.6 Å². The summed E-state index contributed by atoms with van der Waals surface area (Å²) in [6.45, 7) is 0.542. The van der Waals surface area contributed by atoms with Gasteiger partial charge in [0.05, 0.1) is 16.2 Å². The topological polar surface area (TPSA) is 98.9 Å². The van der Waals surface area contributed by atoms with Crippen LogP contribution in [0.15, 0.2) is 48.5 Å². The second kappa shape index (κ2) is 7.67. The lowest BCUT2D eigenvalue weighted by atomic mass is 10.2. The van der Waals surface area contributed by atoms with Gasteiger partial charge >= 0.3 is 6.03 Å². The molecular weight excluding hydrogens is 342 g/mol. The van der Waals surface area contributed by atoms with Gasteiger partial charge < -0.3 is 16.0 Å². The normalized spacial score (nSPS) is 10.4. The molecule has 0 saturated carbocycles. The van der Waals surface area contributed by atoms with Crippen LogP contribution in [0, 0.1) is 0 Å². The SMILES string of the molecule is O=C(NCCNC(=O)c1n[nH]c2ccccc12)Nc1ccccc1Cl. The molecule has 25 heavy (non-hydrogen) atoms. The molecule has 0 radical (unpaired) electrons. The number of benzene rings is 2. The molecule has 0 aliphatic heterocycles. The summed E-state index contributed by atoms with van der Waals surface area (Å²) >= 11 is 5.97. The molecule has 128 valence electrons. The molecule has 8 heteroatoms. The van der Waals surface area contributed by atoms with Gasteiger partial charge in [0.1, 0.15) is 0 Å². The summed E-state index contributed by atoms with van der Waals surface area (Å²) in [6.07, 6.45) is 0. The highest BCUT2D eigenvalue weighted by Gasteiger charge is 2.13. The minimum atomic E-state index is -0.396. The van der Waals surface area contributed by atoms with Gasteiger partial charge in [0.2, 0.25) is 0 Å². The highest BCUT2D eigenvalue weighted by atomic mass is 35.5. The van der Waals surface area contributed by atoms with Gasteiger partial charge in [-0.3, -0.25) is 9.89 Å². The molecule has 1 heterocycles. The van der Waals surface area contributed by atoms with Crippen molar-refractivity contribution in [1.29, 1.82) is 0 Å². The fourth-order valence-corrected chi connectivity index (χ4v) is 2.48. The summed E-state index contributed by atoms with van der Waals surface area (Å²) in [5.41, 5.74) is 1.65. The molecule has 0 aliphatic carbocycles. The summed E-state index contributed by atoms with van der Waals surface area (Å²) in [5.74, 6) is -0.300. The molecule has 3 aromatic rings. The summed E-state index contributed by atoms with van der Waals surface area (Å²) in [6, 6.07) is 13.9. The Kier molecular flexibility index (Phi) is 5.15. The number of hydrogen-bond donors (Lipinski definition) is 4. The lowest BCUT2D eigenvalue weighted by Gasteiger charge is -2.09. The third-order valence-electron chi connectivity index (χ3n) is 3.50. The van der Waals surface area contributed by atoms with E-state index in [2.05, 4.69) is 26.1 Å². The zero-order valence-corrected chi connectivity index (χ0v) is 13.9. The first-order valence-corrected chi connectivity index (χ1v) is 8.03. The zero-order valence-electron chi connectivity index (χ0n) is 13.2. The van der Waals surface area contributed by atoms with Crippen LogP contribution in [-0.4, -0.2) is 35.2 Å². The number of hydrogen-bond acceptors (Lipinski definition) is 3. The minimum absolute atomic E-state index is 0.268. The van der Waals surface area contributed by atoms with Crippen LogP contribution in [0.25, 0.3) is 10.9 Å². The van der Waals surface area contributed by atoms with Crippen molar-refractivity contribution in [2.24, 2.45) is 0 Å². The molecule has 0 bridgehead atoms. The van der Waals surface area contributed by atoms with E-state index in [0.717, 1.165) is 10.9 Å². The number of halogens is 1. The number of aromatic nitrogens is 2. The number of para-hydroxylation sites is 2. The quantitative estimate of drug-likeness (QED) is 0.528. The van der Waals surface area contributed by atoms with Crippen molar-refractivity contribution >= 4 is 40.1 Å². The molecule has 0 unspecified atom stereocenters. The van der Waals surface area contributed by atoms with Crippen LogP contribution in [0.5, 0.6) is 0 Å². The summed E-state index contributed by atoms with van der Waals surface area (Å²) in [7, 11) is 0. The van der Waals surface area contributed by atoms with Crippen LogP contribution in [-0.2, 0) is 0 Å². The van der Waals surface area contributed by atoms with E-state index in [0.29, 0.717) is 16.4 Å². The van der Waals surface area contributed by atoms with Crippen molar-refractivity contribution in [3.05, 3.63) is 59.2 Å². The Balaban J connectivity index is 1.46. The smallest absolute Gasteiger partial charge is 0.319 e. The molecule has 7 nitrogen and oxygen atoms in total. The number of carbonyl (C=O) groups is 2. The third-order valence-corrected chi connectivity index (χ3v) is 3.83. The van der Waals surface area contributed by atoms with Crippen molar-refractivity contribution in [2.45, 2.75) is 0 Å². The van der Waals surface area contributed by atoms with Gasteiger partial charge in [-0.05, 0) is 18.2 Å². The van der Waals surface area contributed by atoms with E-state index in [1.54, 1.807) is 24.3 Å². The Bertz CT molecular complexity index is 909. The molecule has 0 atom stereocenters. The van der Waals surface area contributed by atoms with Crippen LogP contribution in [0.4, 0.5) is 10.5 Å². The number of aromatic amines is 1. The van der Waals surface area contributed by atoms with E-state index in [-0.39, 0.29) is 19.0 Å². The van der Waals surface area contributed by atoms with Crippen molar-refractivity contribution in [3.63, 3.8) is 0 Å². The zero-order chi connectivity index (χ0) is 17.6. The van der Waals surface area contributed by atoms with E-state index < -0.39 is 6.03 Å². The lowest BCUT2D eigenvalue weighted by molar-refractivity contribution is 0.0950. The Hall–Kier alpha value is -3.06. The number of anilines is 1. The second-order valence-electron chi connectivity index (χ2n) is 5.23. The maximum Gasteiger partial charge on any atom is 0.319 e. The van der Waals surface area contributed by atoms with Gasteiger partial charge in [-0.2, -0.15) is 5.10 Å². The molecule has 3 amide bonds. The molecule has 0 saturated heterocycles. The van der Waals surface area contributed by atoms with Crippen LogP contribution < -0.4 is 16.0 Å². The number of urea groups is 1. The third kappa shape index (κ3) is 4.07. The van der Waals surface area contributed by atoms with Crippen LogP contribution >= 0.6 is 11.6 Å². The lowest BCUT2D eigenvalue weighted by Crippen LogP contribution is -2.37. The van der Waals surface area contributed by atoms with E-state index in [9.17, 15) is 9.59 Å². The summed E-state index contributed by atoms with van der Waals surface area (Å²) < 4.78 is 0. The monoisotopic (exact) mass is 357 g/mol. The van der Waals surface area contributed by atoms with E-state index in [1.807, 2.05) is 24.3 Å². The highest BCUT2D eigenvalue weighted by molar-refractivity contribution is 6.33. The first-order chi connectivity index (χ1) is 12.1. The number of fused-ring (bicyclic) bond motifs is 1. The van der Waals surface area contributed by atoms with Crippen LogP contribution in [0.3, 0.4) is 0 Å². The molecule has 0 fully saturated rings. The number of rotatable bonds is 5. The standard InChI is InChI=1S/C17H16ClN5O2/c18-12-6-2-4-8-14(12)21-17(25)20-10-9-19-16(24)15-11-5-1-3-7-13(11)22-23-15/h1-8H,9-10H2,(H,19,24)(H,22,23)(H2,20,21,25). The number of carbonyl (C=O) groups excluding carboxylic acids is 2. The first-order valence-electron chi connectivity index (χ1n) is 7.66. The van der Waals surface area contributed by atoms with Crippen LogP contribution in [0.2, 0.25) is 5.02 Å². The average Bonchev–Trinajstić information content (AvgIpc) is 3.05.